The Balaban J connectivity index is 2.10. The molecule has 6 heteroatoms. The van der Waals surface area contributed by atoms with Gasteiger partial charge in [0.1, 0.15) is 11.3 Å². The third-order valence-electron chi connectivity index (χ3n) is 4.01. The maximum atomic E-state index is 13.0. The molecule has 0 spiro atoms. The molecule has 25 heavy (non-hydrogen) atoms. The molecule has 5 nitrogen and oxygen atoms in total. The van der Waals surface area contributed by atoms with Crippen molar-refractivity contribution in [2.24, 2.45) is 0 Å². The van der Waals surface area contributed by atoms with Crippen molar-refractivity contribution in [3.8, 4) is 0 Å². The van der Waals surface area contributed by atoms with Crippen LogP contribution in [0.15, 0.2) is 57.8 Å². The van der Waals surface area contributed by atoms with Crippen LogP contribution < -0.4 is 4.31 Å². The molecule has 0 saturated heterocycles. The summed E-state index contributed by atoms with van der Waals surface area (Å²) in [5, 5.41) is 0.748. The molecule has 0 aliphatic carbocycles. The number of hydrogen-bond donors (Lipinski definition) is 0. The highest BCUT2D eigenvalue weighted by atomic mass is 32.2. The zero-order valence-electron chi connectivity index (χ0n) is 14.3. The predicted octanol–water partition coefficient (Wildman–Crippen LogP) is 4.05. The molecule has 3 aromatic rings. The third kappa shape index (κ3) is 3.17. The lowest BCUT2D eigenvalue weighted by Gasteiger charge is -2.21. The number of hydrogen-bond acceptors (Lipinski definition) is 4. The average molecular weight is 357 g/mol. The van der Waals surface area contributed by atoms with Crippen LogP contribution in [0.2, 0.25) is 0 Å². The Bertz CT molecular complexity index is 1030. The van der Waals surface area contributed by atoms with Crippen molar-refractivity contribution in [1.82, 2.24) is 0 Å². The standard InChI is InChI=1S/C19H19NO4S/c1-4-15-5-8-18(9-6-15)25(22,23)20(14(3)21)17-7-10-19-16(12-17)11-13(2)24-19/h5-12H,4H2,1-3H3. The molecule has 1 aromatic heterocycles. The van der Waals surface area contributed by atoms with E-state index in [1.165, 1.54) is 19.1 Å². The fraction of sp³-hybridized carbons (Fsp3) is 0.211. The van der Waals surface area contributed by atoms with Gasteiger partial charge < -0.3 is 4.42 Å². The zero-order valence-corrected chi connectivity index (χ0v) is 15.1. The maximum Gasteiger partial charge on any atom is 0.270 e. The Hall–Kier alpha value is -2.60. The Morgan fingerprint density at radius 2 is 1.76 bits per heavy atom. The molecule has 0 N–H and O–H groups in total. The van der Waals surface area contributed by atoms with Crippen molar-refractivity contribution < 1.29 is 17.6 Å². The van der Waals surface area contributed by atoms with Gasteiger partial charge in [-0.25, -0.2) is 12.7 Å². The highest BCUT2D eigenvalue weighted by Gasteiger charge is 2.29. The van der Waals surface area contributed by atoms with Crippen LogP contribution in [0.25, 0.3) is 11.0 Å². The van der Waals surface area contributed by atoms with Gasteiger partial charge in [-0.3, -0.25) is 4.79 Å². The SMILES string of the molecule is CCc1ccc(S(=O)(=O)N(C(C)=O)c2ccc3oc(C)cc3c2)cc1. The number of carbonyl (C=O) groups is 1. The first-order chi connectivity index (χ1) is 11.8. The number of fused-ring (bicyclic) bond motifs is 1. The second kappa shape index (κ2) is 6.37. The van der Waals surface area contributed by atoms with Crippen molar-refractivity contribution in [2.75, 3.05) is 4.31 Å². The lowest BCUT2D eigenvalue weighted by atomic mass is 10.2. The first-order valence-corrected chi connectivity index (χ1v) is 9.42. The lowest BCUT2D eigenvalue weighted by Crippen LogP contribution is -2.35. The molecule has 0 radical (unpaired) electrons. The molecule has 0 fully saturated rings. The van der Waals surface area contributed by atoms with Crippen LogP contribution in [-0.2, 0) is 21.2 Å². The summed E-state index contributed by atoms with van der Waals surface area (Å²) in [7, 11) is -3.99. The average Bonchev–Trinajstić information content (AvgIpc) is 2.93. The summed E-state index contributed by atoms with van der Waals surface area (Å²) in [6.07, 6.45) is 0.813. The zero-order chi connectivity index (χ0) is 18.2. The largest absolute Gasteiger partial charge is 0.461 e. The summed E-state index contributed by atoms with van der Waals surface area (Å²) in [6, 6.07) is 13.3. The Labute approximate surface area is 146 Å². The van der Waals surface area contributed by atoms with Crippen LogP contribution in [0, 0.1) is 6.92 Å². The van der Waals surface area contributed by atoms with E-state index in [2.05, 4.69) is 0 Å². The van der Waals surface area contributed by atoms with Crippen molar-refractivity contribution in [3.05, 3.63) is 59.9 Å². The number of sulfonamides is 1. The van der Waals surface area contributed by atoms with Gasteiger partial charge in [0.05, 0.1) is 10.6 Å². The van der Waals surface area contributed by atoms with E-state index >= 15 is 0 Å². The van der Waals surface area contributed by atoms with Crippen LogP contribution in [-0.4, -0.2) is 14.3 Å². The van der Waals surface area contributed by atoms with E-state index in [1.54, 1.807) is 36.4 Å². The second-order valence-electron chi connectivity index (χ2n) is 5.87. The number of rotatable bonds is 4. The number of amides is 1. The minimum absolute atomic E-state index is 0.0865. The quantitative estimate of drug-likeness (QED) is 0.706. The van der Waals surface area contributed by atoms with E-state index < -0.39 is 15.9 Å². The number of benzene rings is 2. The van der Waals surface area contributed by atoms with Crippen molar-refractivity contribution in [3.63, 3.8) is 0 Å². The van der Waals surface area contributed by atoms with Gasteiger partial charge in [0.2, 0.25) is 5.91 Å². The van der Waals surface area contributed by atoms with Crippen molar-refractivity contribution in [2.45, 2.75) is 32.1 Å². The van der Waals surface area contributed by atoms with Gasteiger partial charge in [0.15, 0.2) is 0 Å². The number of nitrogens with zero attached hydrogens (tertiary/aromatic N) is 1. The highest BCUT2D eigenvalue weighted by Crippen LogP contribution is 2.29. The van der Waals surface area contributed by atoms with E-state index in [9.17, 15) is 13.2 Å². The van der Waals surface area contributed by atoms with Gasteiger partial charge in [-0.1, -0.05) is 19.1 Å². The summed E-state index contributed by atoms with van der Waals surface area (Å²) >= 11 is 0. The molecule has 1 amide bonds. The van der Waals surface area contributed by atoms with Gasteiger partial charge in [-0.05, 0) is 55.3 Å². The number of furan rings is 1. The van der Waals surface area contributed by atoms with Crippen LogP contribution >= 0.6 is 0 Å². The lowest BCUT2D eigenvalue weighted by molar-refractivity contribution is -0.115. The molecule has 0 aliphatic heterocycles. The molecular formula is C19H19NO4S. The predicted molar refractivity (Wildman–Crippen MR) is 97.1 cm³/mol. The summed E-state index contributed by atoms with van der Waals surface area (Å²) < 4.78 is 32.3. The van der Waals surface area contributed by atoms with Crippen LogP contribution in [0.4, 0.5) is 5.69 Å². The van der Waals surface area contributed by atoms with Gasteiger partial charge in [-0.15, -0.1) is 0 Å². The van der Waals surface area contributed by atoms with Gasteiger partial charge in [0.25, 0.3) is 10.0 Å². The number of carbonyl (C=O) groups excluding carboxylic acids is 1. The van der Waals surface area contributed by atoms with E-state index in [0.717, 1.165) is 27.4 Å². The first-order valence-electron chi connectivity index (χ1n) is 7.98. The van der Waals surface area contributed by atoms with E-state index in [4.69, 9.17) is 4.42 Å². The van der Waals surface area contributed by atoms with E-state index in [0.29, 0.717) is 11.3 Å². The molecule has 0 unspecified atom stereocenters. The fourth-order valence-electron chi connectivity index (χ4n) is 2.78. The molecule has 130 valence electrons. The van der Waals surface area contributed by atoms with Crippen LogP contribution in [0.3, 0.4) is 0 Å². The topological polar surface area (TPSA) is 67.6 Å². The van der Waals surface area contributed by atoms with Gasteiger partial charge in [0, 0.05) is 12.3 Å². The minimum Gasteiger partial charge on any atom is -0.461 e. The summed E-state index contributed by atoms with van der Waals surface area (Å²) in [5.74, 6) is 0.152. The molecule has 0 aliphatic rings. The van der Waals surface area contributed by atoms with E-state index in [1.807, 2.05) is 13.8 Å². The third-order valence-corrected chi connectivity index (χ3v) is 5.83. The summed E-state index contributed by atoms with van der Waals surface area (Å²) in [6.45, 7) is 5.05. The molecule has 2 aromatic carbocycles. The number of anilines is 1. The van der Waals surface area contributed by atoms with Gasteiger partial charge >= 0.3 is 0 Å². The number of aryl methyl sites for hydroxylation is 2. The molecular weight excluding hydrogens is 338 g/mol. The fourth-order valence-corrected chi connectivity index (χ4v) is 4.20. The monoisotopic (exact) mass is 357 g/mol. The highest BCUT2D eigenvalue weighted by molar-refractivity contribution is 7.93. The van der Waals surface area contributed by atoms with Crippen molar-refractivity contribution in [1.29, 1.82) is 0 Å². The molecule has 0 bridgehead atoms. The molecule has 3 rings (SSSR count). The smallest absolute Gasteiger partial charge is 0.270 e. The van der Waals surface area contributed by atoms with E-state index in [-0.39, 0.29) is 4.90 Å². The van der Waals surface area contributed by atoms with Crippen LogP contribution in [0.1, 0.15) is 25.2 Å². The van der Waals surface area contributed by atoms with Crippen molar-refractivity contribution >= 4 is 32.6 Å². The molecule has 0 atom stereocenters. The Kier molecular flexibility index (Phi) is 4.39. The Morgan fingerprint density at radius 3 is 2.36 bits per heavy atom. The summed E-state index contributed by atoms with van der Waals surface area (Å²) in [5.41, 5.74) is 1.97. The molecule has 0 saturated carbocycles. The minimum atomic E-state index is -3.99. The summed E-state index contributed by atoms with van der Waals surface area (Å²) in [4.78, 5) is 12.2. The normalized spacial score (nSPS) is 11.6. The second-order valence-corrected chi connectivity index (χ2v) is 7.65. The first kappa shape index (κ1) is 17.2. The Morgan fingerprint density at radius 1 is 1.08 bits per heavy atom. The van der Waals surface area contributed by atoms with Crippen LogP contribution in [0.5, 0.6) is 0 Å². The van der Waals surface area contributed by atoms with Gasteiger partial charge in [-0.2, -0.15) is 0 Å². The maximum absolute atomic E-state index is 13.0. The molecule has 1 heterocycles.